The molecular formula is C11H16BrN5O. The number of carbonyl (C=O) groups is 1. The first-order valence-corrected chi connectivity index (χ1v) is 6.76. The van der Waals surface area contributed by atoms with Gasteiger partial charge in [0, 0.05) is 25.1 Å². The highest BCUT2D eigenvalue weighted by atomic mass is 79.9. The maximum atomic E-state index is 11.4. The lowest BCUT2D eigenvalue weighted by Crippen LogP contribution is -2.25. The molecule has 6 nitrogen and oxygen atoms in total. The van der Waals surface area contributed by atoms with E-state index in [0.29, 0.717) is 35.4 Å². The highest BCUT2D eigenvalue weighted by Gasteiger charge is 2.22. The van der Waals surface area contributed by atoms with Crippen LogP contribution in [0.2, 0.25) is 0 Å². The molecule has 1 aromatic rings. The standard InChI is InChI=1S/C11H16BrN5O/c12-8-6-9(13)17-11(16-8)14-5-1-2-10(18)15-7-3-4-7/h6-7H,1-5H2,(H,15,18)(H3,13,14,16,17). The quantitative estimate of drug-likeness (QED) is 0.543. The zero-order valence-corrected chi connectivity index (χ0v) is 11.5. The summed E-state index contributed by atoms with van der Waals surface area (Å²) in [7, 11) is 0. The van der Waals surface area contributed by atoms with E-state index >= 15 is 0 Å². The van der Waals surface area contributed by atoms with Gasteiger partial charge in [0.2, 0.25) is 11.9 Å². The van der Waals surface area contributed by atoms with Crippen molar-refractivity contribution in [3.05, 3.63) is 10.7 Å². The summed E-state index contributed by atoms with van der Waals surface area (Å²) in [5.41, 5.74) is 5.59. The van der Waals surface area contributed by atoms with Crippen molar-refractivity contribution in [1.82, 2.24) is 15.3 Å². The van der Waals surface area contributed by atoms with E-state index in [1.807, 2.05) is 0 Å². The number of nitrogen functional groups attached to an aromatic ring is 1. The molecule has 1 aromatic heterocycles. The topological polar surface area (TPSA) is 92.9 Å². The van der Waals surface area contributed by atoms with E-state index < -0.39 is 0 Å². The number of rotatable bonds is 6. The van der Waals surface area contributed by atoms with Crippen LogP contribution in [0.1, 0.15) is 25.7 Å². The van der Waals surface area contributed by atoms with Crippen LogP contribution >= 0.6 is 15.9 Å². The van der Waals surface area contributed by atoms with E-state index in [-0.39, 0.29) is 5.91 Å². The van der Waals surface area contributed by atoms with Gasteiger partial charge in [-0.3, -0.25) is 4.79 Å². The van der Waals surface area contributed by atoms with Gasteiger partial charge in [-0.05, 0) is 35.2 Å². The monoisotopic (exact) mass is 313 g/mol. The molecule has 1 amide bonds. The van der Waals surface area contributed by atoms with Gasteiger partial charge in [-0.1, -0.05) is 0 Å². The Labute approximate surface area is 114 Å². The zero-order valence-electron chi connectivity index (χ0n) is 9.95. The summed E-state index contributed by atoms with van der Waals surface area (Å²) in [4.78, 5) is 19.6. The molecule has 98 valence electrons. The van der Waals surface area contributed by atoms with Gasteiger partial charge in [-0.15, -0.1) is 0 Å². The Balaban J connectivity index is 1.66. The molecule has 1 aliphatic carbocycles. The van der Waals surface area contributed by atoms with Crippen LogP contribution < -0.4 is 16.4 Å². The second kappa shape index (κ2) is 5.99. The maximum absolute atomic E-state index is 11.4. The van der Waals surface area contributed by atoms with Crippen molar-refractivity contribution in [2.75, 3.05) is 17.6 Å². The fraction of sp³-hybridized carbons (Fsp3) is 0.545. The molecule has 0 radical (unpaired) electrons. The number of nitrogens with two attached hydrogens (primary N) is 1. The Bertz CT molecular complexity index is 415. The van der Waals surface area contributed by atoms with Gasteiger partial charge >= 0.3 is 0 Å². The van der Waals surface area contributed by atoms with Crippen LogP contribution in [0.25, 0.3) is 0 Å². The van der Waals surface area contributed by atoms with E-state index in [0.717, 1.165) is 19.3 Å². The Hall–Kier alpha value is -1.37. The molecule has 0 unspecified atom stereocenters. The van der Waals surface area contributed by atoms with Gasteiger partial charge in [-0.25, -0.2) is 4.98 Å². The first kappa shape index (κ1) is 13.1. The van der Waals surface area contributed by atoms with Gasteiger partial charge in [-0.2, -0.15) is 4.98 Å². The van der Waals surface area contributed by atoms with Crippen molar-refractivity contribution >= 4 is 33.6 Å². The molecule has 2 rings (SSSR count). The number of anilines is 2. The number of amides is 1. The number of nitrogens with zero attached hydrogens (tertiary/aromatic N) is 2. The third kappa shape index (κ3) is 4.48. The van der Waals surface area contributed by atoms with Gasteiger partial charge in [0.1, 0.15) is 10.4 Å². The molecule has 0 aliphatic heterocycles. The van der Waals surface area contributed by atoms with Crippen LogP contribution in [-0.4, -0.2) is 28.5 Å². The number of hydrogen-bond acceptors (Lipinski definition) is 5. The van der Waals surface area contributed by atoms with Crippen LogP contribution in [0.15, 0.2) is 10.7 Å². The predicted octanol–water partition coefficient (Wildman–Crippen LogP) is 1.29. The zero-order chi connectivity index (χ0) is 13.0. The van der Waals surface area contributed by atoms with Crippen molar-refractivity contribution in [2.45, 2.75) is 31.7 Å². The van der Waals surface area contributed by atoms with E-state index in [1.54, 1.807) is 6.07 Å². The SMILES string of the molecule is Nc1cc(Br)nc(NCCCC(=O)NC2CC2)n1. The number of nitrogens with one attached hydrogen (secondary N) is 2. The number of aromatic nitrogens is 2. The minimum atomic E-state index is 0.119. The minimum Gasteiger partial charge on any atom is -0.383 e. The van der Waals surface area contributed by atoms with E-state index in [2.05, 4.69) is 36.5 Å². The van der Waals surface area contributed by atoms with Crippen molar-refractivity contribution in [3.8, 4) is 0 Å². The average molecular weight is 314 g/mol. The summed E-state index contributed by atoms with van der Waals surface area (Å²) >= 11 is 3.24. The molecule has 1 heterocycles. The highest BCUT2D eigenvalue weighted by Crippen LogP contribution is 2.18. The smallest absolute Gasteiger partial charge is 0.225 e. The molecule has 1 fully saturated rings. The van der Waals surface area contributed by atoms with Gasteiger partial charge in [0.25, 0.3) is 0 Å². The van der Waals surface area contributed by atoms with E-state index in [4.69, 9.17) is 5.73 Å². The van der Waals surface area contributed by atoms with Gasteiger partial charge in [0.15, 0.2) is 0 Å². The summed E-state index contributed by atoms with van der Waals surface area (Å²) < 4.78 is 0.643. The lowest BCUT2D eigenvalue weighted by molar-refractivity contribution is -0.121. The molecule has 0 saturated heterocycles. The molecule has 0 bridgehead atoms. The number of halogens is 1. The third-order valence-corrected chi connectivity index (χ3v) is 2.93. The van der Waals surface area contributed by atoms with Crippen molar-refractivity contribution < 1.29 is 4.79 Å². The first-order valence-electron chi connectivity index (χ1n) is 5.97. The summed E-state index contributed by atoms with van der Waals surface area (Å²) in [6.45, 7) is 0.647. The van der Waals surface area contributed by atoms with Crippen LogP contribution in [0, 0.1) is 0 Å². The minimum absolute atomic E-state index is 0.119. The first-order chi connectivity index (χ1) is 8.63. The molecule has 0 spiro atoms. The van der Waals surface area contributed by atoms with Gasteiger partial charge in [0.05, 0.1) is 0 Å². The summed E-state index contributed by atoms with van der Waals surface area (Å²) in [6.07, 6.45) is 3.51. The lowest BCUT2D eigenvalue weighted by atomic mass is 10.3. The molecule has 18 heavy (non-hydrogen) atoms. The molecule has 0 atom stereocenters. The predicted molar refractivity (Wildman–Crippen MR) is 73.0 cm³/mol. The van der Waals surface area contributed by atoms with Crippen molar-refractivity contribution in [1.29, 1.82) is 0 Å². The van der Waals surface area contributed by atoms with Gasteiger partial charge < -0.3 is 16.4 Å². The van der Waals surface area contributed by atoms with Crippen molar-refractivity contribution in [3.63, 3.8) is 0 Å². The Morgan fingerprint density at radius 2 is 2.28 bits per heavy atom. The van der Waals surface area contributed by atoms with Crippen LogP contribution in [0.4, 0.5) is 11.8 Å². The Morgan fingerprint density at radius 1 is 1.50 bits per heavy atom. The molecule has 1 saturated carbocycles. The third-order valence-electron chi connectivity index (χ3n) is 2.52. The number of carbonyl (C=O) groups excluding carboxylic acids is 1. The van der Waals surface area contributed by atoms with Crippen LogP contribution in [-0.2, 0) is 4.79 Å². The highest BCUT2D eigenvalue weighted by molar-refractivity contribution is 9.10. The molecule has 0 aromatic carbocycles. The largest absolute Gasteiger partial charge is 0.383 e. The van der Waals surface area contributed by atoms with E-state index in [1.165, 1.54) is 0 Å². The van der Waals surface area contributed by atoms with Crippen molar-refractivity contribution in [2.24, 2.45) is 0 Å². The van der Waals surface area contributed by atoms with E-state index in [9.17, 15) is 4.79 Å². The lowest BCUT2D eigenvalue weighted by Gasteiger charge is -2.06. The normalized spacial score (nSPS) is 14.3. The second-order valence-corrected chi connectivity index (χ2v) is 5.12. The van der Waals surface area contributed by atoms with Crippen LogP contribution in [0.3, 0.4) is 0 Å². The molecule has 4 N–H and O–H groups in total. The maximum Gasteiger partial charge on any atom is 0.225 e. The summed E-state index contributed by atoms with van der Waals surface area (Å²) in [5, 5.41) is 5.98. The second-order valence-electron chi connectivity index (χ2n) is 4.31. The fourth-order valence-electron chi connectivity index (χ4n) is 1.49. The fourth-order valence-corrected chi connectivity index (χ4v) is 1.89. The Morgan fingerprint density at radius 3 is 2.94 bits per heavy atom. The molecule has 7 heteroatoms. The summed E-state index contributed by atoms with van der Waals surface area (Å²) in [5.74, 6) is 1.00. The Kier molecular flexibility index (Phi) is 4.35. The average Bonchev–Trinajstić information content (AvgIpc) is 3.07. The van der Waals surface area contributed by atoms with Crippen LogP contribution in [0.5, 0.6) is 0 Å². The summed E-state index contributed by atoms with van der Waals surface area (Å²) in [6, 6.07) is 2.06. The molecular weight excluding hydrogens is 298 g/mol. The molecule has 1 aliphatic rings. The number of hydrogen-bond donors (Lipinski definition) is 3.